The second-order valence-electron chi connectivity index (χ2n) is 6.21. The van der Waals surface area contributed by atoms with Gasteiger partial charge in [-0.25, -0.2) is 12.7 Å². The quantitative estimate of drug-likeness (QED) is 0.716. The molecule has 9 nitrogen and oxygen atoms in total. The van der Waals surface area contributed by atoms with Crippen molar-refractivity contribution in [2.45, 2.75) is 25.2 Å². The van der Waals surface area contributed by atoms with Gasteiger partial charge in [-0.15, -0.1) is 5.10 Å². The number of fused-ring (bicyclic) bond motifs is 1. The molecular weight excluding hydrogens is 346 g/mol. The van der Waals surface area contributed by atoms with Crippen molar-refractivity contribution in [2.24, 2.45) is 5.92 Å². The lowest BCUT2D eigenvalue weighted by atomic mass is 10.1. The first-order chi connectivity index (χ1) is 11.7. The fraction of sp³-hybridized carbons (Fsp3) is 0.533. The second kappa shape index (κ2) is 7.79. The van der Waals surface area contributed by atoms with Crippen LogP contribution in [0.25, 0.3) is 11.0 Å². The first kappa shape index (κ1) is 19.1. The van der Waals surface area contributed by atoms with Gasteiger partial charge in [0.2, 0.25) is 10.0 Å². The highest BCUT2D eigenvalue weighted by Gasteiger charge is 2.19. The Morgan fingerprint density at radius 2 is 2.08 bits per heavy atom. The molecule has 0 aliphatic rings. The minimum atomic E-state index is -3.58. The van der Waals surface area contributed by atoms with Gasteiger partial charge in [0.1, 0.15) is 11.0 Å². The molecule has 0 atom stereocenters. The van der Waals surface area contributed by atoms with Crippen LogP contribution in [0.15, 0.2) is 23.1 Å². The van der Waals surface area contributed by atoms with Gasteiger partial charge in [-0.3, -0.25) is 4.79 Å². The molecule has 1 amide bonds. The number of carbonyl (C=O) groups excluding carboxylic acids is 1. The molecule has 0 aliphatic carbocycles. The number of benzene rings is 1. The maximum absolute atomic E-state index is 12.2. The molecule has 0 radical (unpaired) electrons. The van der Waals surface area contributed by atoms with E-state index in [-0.39, 0.29) is 17.4 Å². The number of carbonyl (C=O) groups is 1. The van der Waals surface area contributed by atoms with Crippen LogP contribution in [0.1, 0.15) is 20.3 Å². The van der Waals surface area contributed by atoms with Crippen molar-refractivity contribution in [3.05, 3.63) is 18.2 Å². The lowest BCUT2D eigenvalue weighted by Crippen LogP contribution is -2.33. The van der Waals surface area contributed by atoms with Crippen LogP contribution < -0.4 is 10.2 Å². The summed E-state index contributed by atoms with van der Waals surface area (Å²) in [5.41, 5.74) is 0.843. The first-order valence-electron chi connectivity index (χ1n) is 7.90. The SMILES string of the molecule is CC(C)CCNC(=O)COn1nnc2ccc(S(=O)(=O)N(C)C)cc21. The molecule has 1 aromatic carbocycles. The number of nitrogens with one attached hydrogen (secondary N) is 1. The maximum atomic E-state index is 12.2. The van der Waals surface area contributed by atoms with Crippen LogP contribution in [0.3, 0.4) is 0 Å². The molecule has 0 saturated carbocycles. The lowest BCUT2D eigenvalue weighted by molar-refractivity contribution is -0.126. The van der Waals surface area contributed by atoms with E-state index < -0.39 is 10.0 Å². The number of nitrogens with zero attached hydrogens (tertiary/aromatic N) is 4. The van der Waals surface area contributed by atoms with Gasteiger partial charge >= 0.3 is 0 Å². The summed E-state index contributed by atoms with van der Waals surface area (Å²) in [6, 6.07) is 4.41. The van der Waals surface area contributed by atoms with Gasteiger partial charge in [-0.1, -0.05) is 18.7 Å². The molecular formula is C15H23N5O4S. The highest BCUT2D eigenvalue weighted by Crippen LogP contribution is 2.18. The van der Waals surface area contributed by atoms with Gasteiger partial charge in [0, 0.05) is 20.6 Å². The average Bonchev–Trinajstić information content (AvgIpc) is 2.94. The Hall–Kier alpha value is -2.20. The van der Waals surface area contributed by atoms with Crippen LogP contribution in [-0.2, 0) is 14.8 Å². The molecule has 25 heavy (non-hydrogen) atoms. The Bertz CT molecular complexity index is 845. The molecule has 2 aromatic rings. The molecule has 10 heteroatoms. The Morgan fingerprint density at radius 1 is 1.36 bits per heavy atom. The summed E-state index contributed by atoms with van der Waals surface area (Å²) in [6.45, 7) is 4.48. The summed E-state index contributed by atoms with van der Waals surface area (Å²) < 4.78 is 25.6. The molecule has 2 rings (SSSR count). The molecule has 0 fully saturated rings. The van der Waals surface area contributed by atoms with E-state index in [1.807, 2.05) is 0 Å². The lowest BCUT2D eigenvalue weighted by Gasteiger charge is -2.11. The summed E-state index contributed by atoms with van der Waals surface area (Å²) in [7, 11) is -0.682. The van der Waals surface area contributed by atoms with Gasteiger partial charge in [-0.05, 0) is 35.8 Å². The minimum Gasteiger partial charge on any atom is -0.385 e. The fourth-order valence-electron chi connectivity index (χ4n) is 2.02. The zero-order valence-electron chi connectivity index (χ0n) is 14.8. The highest BCUT2D eigenvalue weighted by atomic mass is 32.2. The van der Waals surface area contributed by atoms with Crippen LogP contribution in [0.2, 0.25) is 0 Å². The largest absolute Gasteiger partial charge is 0.385 e. The number of sulfonamides is 1. The van der Waals surface area contributed by atoms with E-state index in [2.05, 4.69) is 29.5 Å². The summed E-state index contributed by atoms with van der Waals surface area (Å²) in [6.07, 6.45) is 0.879. The molecule has 1 heterocycles. The molecule has 0 spiro atoms. The minimum absolute atomic E-state index is 0.0959. The number of rotatable bonds is 8. The summed E-state index contributed by atoms with van der Waals surface area (Å²) in [5, 5.41) is 10.4. The average molecular weight is 369 g/mol. The number of aromatic nitrogens is 3. The van der Waals surface area contributed by atoms with E-state index in [9.17, 15) is 13.2 Å². The summed E-state index contributed by atoms with van der Waals surface area (Å²) >= 11 is 0. The van der Waals surface area contributed by atoms with Crippen LogP contribution in [-0.4, -0.2) is 61.0 Å². The van der Waals surface area contributed by atoms with Crippen molar-refractivity contribution >= 4 is 27.0 Å². The van der Waals surface area contributed by atoms with Crippen LogP contribution in [0.5, 0.6) is 0 Å². The summed E-state index contributed by atoms with van der Waals surface area (Å²) in [4.78, 5) is 18.3. The molecule has 0 saturated heterocycles. The molecule has 0 aliphatic heterocycles. The van der Waals surface area contributed by atoms with E-state index in [0.717, 1.165) is 15.6 Å². The third kappa shape index (κ3) is 4.67. The Kier molecular flexibility index (Phi) is 5.96. The van der Waals surface area contributed by atoms with Crippen molar-refractivity contribution in [1.29, 1.82) is 0 Å². The Labute approximate surface area is 146 Å². The summed E-state index contributed by atoms with van der Waals surface area (Å²) in [5.74, 6) is 0.221. The smallest absolute Gasteiger partial charge is 0.260 e. The topological polar surface area (TPSA) is 106 Å². The molecule has 0 unspecified atom stereocenters. The van der Waals surface area contributed by atoms with Crippen LogP contribution >= 0.6 is 0 Å². The van der Waals surface area contributed by atoms with Gasteiger partial charge in [0.05, 0.1) is 4.90 Å². The van der Waals surface area contributed by atoms with Gasteiger partial charge in [0.25, 0.3) is 5.91 Å². The standard InChI is InChI=1S/C15H23N5O4S/c1-11(2)7-8-16-15(21)10-24-20-14-9-12(25(22,23)19(3)4)5-6-13(14)17-18-20/h5-6,9,11H,7-8,10H2,1-4H3,(H,16,21). The van der Waals surface area contributed by atoms with Crippen molar-refractivity contribution in [3.8, 4) is 0 Å². The van der Waals surface area contributed by atoms with Crippen molar-refractivity contribution in [2.75, 3.05) is 27.2 Å². The predicted molar refractivity (Wildman–Crippen MR) is 92.3 cm³/mol. The normalized spacial score (nSPS) is 12.1. The predicted octanol–water partition coefficient (Wildman–Crippen LogP) is 0.273. The number of amides is 1. The molecule has 138 valence electrons. The van der Waals surface area contributed by atoms with E-state index in [1.165, 1.54) is 26.2 Å². The first-order valence-corrected chi connectivity index (χ1v) is 9.34. The monoisotopic (exact) mass is 369 g/mol. The Balaban J connectivity index is 2.10. The molecule has 0 bridgehead atoms. The zero-order valence-corrected chi connectivity index (χ0v) is 15.6. The molecule has 1 N–H and O–H groups in total. The van der Waals surface area contributed by atoms with E-state index in [1.54, 1.807) is 6.07 Å². The molecule has 1 aromatic heterocycles. The number of hydrogen-bond donors (Lipinski definition) is 1. The van der Waals surface area contributed by atoms with E-state index in [0.29, 0.717) is 23.5 Å². The third-order valence-electron chi connectivity index (χ3n) is 3.53. The fourth-order valence-corrected chi connectivity index (χ4v) is 2.94. The van der Waals surface area contributed by atoms with Crippen LogP contribution in [0, 0.1) is 5.92 Å². The van der Waals surface area contributed by atoms with Crippen molar-refractivity contribution < 1.29 is 18.0 Å². The Morgan fingerprint density at radius 3 is 2.72 bits per heavy atom. The number of hydrogen-bond acceptors (Lipinski definition) is 6. The zero-order chi connectivity index (χ0) is 18.6. The van der Waals surface area contributed by atoms with Crippen molar-refractivity contribution in [3.63, 3.8) is 0 Å². The van der Waals surface area contributed by atoms with Gasteiger partial charge in [0.15, 0.2) is 6.61 Å². The van der Waals surface area contributed by atoms with E-state index >= 15 is 0 Å². The van der Waals surface area contributed by atoms with Crippen LogP contribution in [0.4, 0.5) is 0 Å². The maximum Gasteiger partial charge on any atom is 0.260 e. The van der Waals surface area contributed by atoms with Gasteiger partial charge < -0.3 is 10.2 Å². The second-order valence-corrected chi connectivity index (χ2v) is 8.36. The van der Waals surface area contributed by atoms with Gasteiger partial charge in [-0.2, -0.15) is 0 Å². The highest BCUT2D eigenvalue weighted by molar-refractivity contribution is 7.89. The van der Waals surface area contributed by atoms with Crippen molar-refractivity contribution in [1.82, 2.24) is 24.8 Å². The van der Waals surface area contributed by atoms with E-state index in [4.69, 9.17) is 4.84 Å². The third-order valence-corrected chi connectivity index (χ3v) is 5.34.